The van der Waals surface area contributed by atoms with Gasteiger partial charge < -0.3 is 9.04 Å². The summed E-state index contributed by atoms with van der Waals surface area (Å²) in [4.78, 5) is 14.5. The normalized spacial score (nSPS) is 12.3. The van der Waals surface area contributed by atoms with Gasteiger partial charge in [-0.05, 0) is 80.6 Å². The summed E-state index contributed by atoms with van der Waals surface area (Å²) in [6, 6.07) is 26.4. The standard InChI is InChI=1S/C29H28Cl2N2O3S2/c1-29(2,3)36-28(34)19-33(37-24-16-21(30)15-22(31)17-24)27-18-23(14-20-10-8-9-13-26(20)27)32(4)38(35)25-11-6-5-7-12-25/h5-18H,19H2,1-4H3. The van der Waals surface area contributed by atoms with Gasteiger partial charge in [-0.25, -0.2) is 4.21 Å². The molecule has 0 N–H and O–H groups in total. The van der Waals surface area contributed by atoms with E-state index in [1.165, 1.54) is 11.9 Å². The van der Waals surface area contributed by atoms with Crippen molar-refractivity contribution in [3.63, 3.8) is 0 Å². The van der Waals surface area contributed by atoms with Crippen LogP contribution in [-0.2, 0) is 20.5 Å². The molecule has 0 saturated heterocycles. The number of carbonyl (C=O) groups is 1. The Morgan fingerprint density at radius 2 is 1.55 bits per heavy atom. The number of esters is 1. The zero-order valence-corrected chi connectivity index (χ0v) is 24.6. The molecule has 38 heavy (non-hydrogen) atoms. The first kappa shape index (κ1) is 28.3. The minimum absolute atomic E-state index is 0.0367. The third-order valence-corrected chi connectivity index (χ3v) is 8.21. The van der Waals surface area contributed by atoms with Crippen LogP contribution in [0, 0.1) is 0 Å². The number of fused-ring (bicyclic) bond motifs is 1. The Morgan fingerprint density at radius 1 is 0.921 bits per heavy atom. The van der Waals surface area contributed by atoms with Gasteiger partial charge in [-0.15, -0.1) is 0 Å². The molecular weight excluding hydrogens is 559 g/mol. The minimum atomic E-state index is -1.43. The van der Waals surface area contributed by atoms with E-state index in [1.807, 2.05) is 91.8 Å². The van der Waals surface area contributed by atoms with Crippen LogP contribution in [0.2, 0.25) is 10.0 Å². The number of rotatable bonds is 8. The van der Waals surface area contributed by atoms with E-state index in [9.17, 15) is 9.00 Å². The average molecular weight is 588 g/mol. The van der Waals surface area contributed by atoms with E-state index in [-0.39, 0.29) is 12.5 Å². The number of ether oxygens (including phenoxy) is 1. The van der Waals surface area contributed by atoms with Gasteiger partial charge in [0, 0.05) is 27.4 Å². The second kappa shape index (κ2) is 12.0. The van der Waals surface area contributed by atoms with Crippen molar-refractivity contribution in [3.05, 3.63) is 95.0 Å². The van der Waals surface area contributed by atoms with Crippen LogP contribution in [0.5, 0.6) is 0 Å². The van der Waals surface area contributed by atoms with E-state index in [0.717, 1.165) is 27.0 Å². The van der Waals surface area contributed by atoms with Gasteiger partial charge in [0.05, 0.1) is 16.3 Å². The summed E-state index contributed by atoms with van der Waals surface area (Å²) in [7, 11) is 0.360. The van der Waals surface area contributed by atoms with Gasteiger partial charge in [0.15, 0.2) is 11.0 Å². The van der Waals surface area contributed by atoms with Crippen molar-refractivity contribution in [1.29, 1.82) is 0 Å². The van der Waals surface area contributed by atoms with Crippen LogP contribution in [0.25, 0.3) is 10.8 Å². The highest BCUT2D eigenvalue weighted by atomic mass is 35.5. The molecule has 1 atom stereocenters. The van der Waals surface area contributed by atoms with Crippen LogP contribution in [0.1, 0.15) is 20.8 Å². The molecular formula is C29H28Cl2N2O3S2. The quantitative estimate of drug-likeness (QED) is 0.154. The molecule has 0 amide bonds. The molecule has 0 aliphatic carbocycles. The monoisotopic (exact) mass is 586 g/mol. The molecule has 9 heteroatoms. The number of carbonyl (C=O) groups excluding carboxylic acids is 1. The molecule has 4 rings (SSSR count). The Morgan fingerprint density at radius 3 is 2.21 bits per heavy atom. The Labute approximate surface area is 240 Å². The summed E-state index contributed by atoms with van der Waals surface area (Å²) in [6.45, 7) is 5.47. The average Bonchev–Trinajstić information content (AvgIpc) is 2.85. The van der Waals surface area contributed by atoms with Crippen molar-refractivity contribution in [3.8, 4) is 0 Å². The fraction of sp³-hybridized carbons (Fsp3) is 0.207. The molecule has 0 heterocycles. The van der Waals surface area contributed by atoms with Crippen LogP contribution in [0.15, 0.2) is 94.7 Å². The molecule has 4 aromatic carbocycles. The van der Waals surface area contributed by atoms with Crippen molar-refractivity contribution in [2.75, 3.05) is 22.2 Å². The predicted octanol–water partition coefficient (Wildman–Crippen LogP) is 8.16. The van der Waals surface area contributed by atoms with Crippen molar-refractivity contribution >= 4 is 74.3 Å². The molecule has 4 aromatic rings. The zero-order valence-electron chi connectivity index (χ0n) is 21.5. The topological polar surface area (TPSA) is 49.9 Å². The van der Waals surface area contributed by atoms with Crippen molar-refractivity contribution < 1.29 is 13.7 Å². The van der Waals surface area contributed by atoms with Crippen molar-refractivity contribution in [2.24, 2.45) is 0 Å². The van der Waals surface area contributed by atoms with Crippen LogP contribution in [0.3, 0.4) is 0 Å². The predicted molar refractivity (Wildman–Crippen MR) is 161 cm³/mol. The fourth-order valence-corrected chi connectivity index (χ4v) is 6.51. The molecule has 0 aliphatic rings. The largest absolute Gasteiger partial charge is 0.459 e. The second-order valence-corrected chi connectivity index (χ2v) is 13.1. The summed E-state index contributed by atoms with van der Waals surface area (Å²) in [5, 5.41) is 2.86. The number of halogens is 2. The zero-order chi connectivity index (χ0) is 27.4. The molecule has 0 saturated carbocycles. The molecule has 0 radical (unpaired) electrons. The fourth-order valence-electron chi connectivity index (χ4n) is 3.82. The number of anilines is 2. The lowest BCUT2D eigenvalue weighted by atomic mass is 10.1. The van der Waals surface area contributed by atoms with Gasteiger partial charge in [-0.1, -0.05) is 65.7 Å². The van der Waals surface area contributed by atoms with E-state index in [0.29, 0.717) is 14.9 Å². The highest BCUT2D eigenvalue weighted by molar-refractivity contribution is 8.00. The first-order valence-electron chi connectivity index (χ1n) is 11.9. The van der Waals surface area contributed by atoms with Gasteiger partial charge >= 0.3 is 5.97 Å². The molecule has 0 aliphatic heterocycles. The van der Waals surface area contributed by atoms with E-state index in [4.69, 9.17) is 27.9 Å². The van der Waals surface area contributed by atoms with Crippen molar-refractivity contribution in [2.45, 2.75) is 36.2 Å². The lowest BCUT2D eigenvalue weighted by Gasteiger charge is -2.28. The maximum atomic E-state index is 13.4. The Kier molecular flexibility index (Phi) is 8.93. The van der Waals surface area contributed by atoms with Crippen LogP contribution < -0.4 is 8.61 Å². The molecule has 5 nitrogen and oxygen atoms in total. The highest BCUT2D eigenvalue weighted by Crippen LogP contribution is 2.39. The van der Waals surface area contributed by atoms with Crippen LogP contribution in [0.4, 0.5) is 11.4 Å². The van der Waals surface area contributed by atoms with Gasteiger partial charge in [0.2, 0.25) is 0 Å². The van der Waals surface area contributed by atoms with Gasteiger partial charge in [0.1, 0.15) is 12.1 Å². The summed E-state index contributed by atoms with van der Waals surface area (Å²) in [5.41, 5.74) is 0.866. The Balaban J connectivity index is 1.81. The van der Waals surface area contributed by atoms with Crippen LogP contribution in [-0.4, -0.2) is 29.4 Å². The second-order valence-electron chi connectivity index (χ2n) is 9.57. The summed E-state index contributed by atoms with van der Waals surface area (Å²) >= 11 is 13.9. The summed E-state index contributed by atoms with van der Waals surface area (Å²) in [5.74, 6) is -0.381. The number of benzene rings is 4. The molecule has 0 aromatic heterocycles. The summed E-state index contributed by atoms with van der Waals surface area (Å²) < 4.78 is 22.6. The maximum absolute atomic E-state index is 13.4. The highest BCUT2D eigenvalue weighted by Gasteiger charge is 2.23. The van der Waals surface area contributed by atoms with Crippen molar-refractivity contribution in [1.82, 2.24) is 0 Å². The number of nitrogens with zero attached hydrogens (tertiary/aromatic N) is 2. The molecule has 0 fully saturated rings. The number of hydrogen-bond donors (Lipinski definition) is 0. The molecule has 0 bridgehead atoms. The van der Waals surface area contributed by atoms with E-state index >= 15 is 0 Å². The van der Waals surface area contributed by atoms with Gasteiger partial charge in [-0.2, -0.15) is 0 Å². The van der Waals surface area contributed by atoms with Gasteiger partial charge in [-0.3, -0.25) is 9.10 Å². The Bertz CT molecular complexity index is 1460. The molecule has 0 spiro atoms. The minimum Gasteiger partial charge on any atom is -0.459 e. The third-order valence-electron chi connectivity index (χ3n) is 5.40. The smallest absolute Gasteiger partial charge is 0.327 e. The first-order valence-corrected chi connectivity index (χ1v) is 14.5. The van der Waals surface area contributed by atoms with E-state index < -0.39 is 16.6 Å². The lowest BCUT2D eigenvalue weighted by Crippen LogP contribution is -2.32. The summed E-state index contributed by atoms with van der Waals surface area (Å²) in [6.07, 6.45) is 0. The molecule has 198 valence electrons. The van der Waals surface area contributed by atoms with Crippen LogP contribution >= 0.6 is 35.1 Å². The lowest BCUT2D eigenvalue weighted by molar-refractivity contribution is -0.152. The third kappa shape index (κ3) is 7.23. The SMILES string of the molecule is CN(c1cc(N(CC(=O)OC(C)(C)C)Sc2cc(Cl)cc(Cl)c2)c2ccccc2c1)S(=O)c1ccccc1. The molecule has 1 unspecified atom stereocenters. The van der Waals surface area contributed by atoms with E-state index in [1.54, 1.807) is 29.6 Å². The maximum Gasteiger partial charge on any atom is 0.327 e. The van der Waals surface area contributed by atoms with Gasteiger partial charge in [0.25, 0.3) is 0 Å². The van der Waals surface area contributed by atoms with E-state index in [2.05, 4.69) is 0 Å². The number of hydrogen-bond acceptors (Lipinski definition) is 5. The Hall–Kier alpha value is -2.71. The first-order chi connectivity index (χ1) is 18.0.